The van der Waals surface area contributed by atoms with Crippen molar-refractivity contribution in [3.05, 3.63) is 69.8 Å². The SMILES string of the molecule is C/C(=N\NC(=O)Cc1ccc([N+](=O)[O-])cc1)c1cccc(NC(=O)C(F)(F)F)c1. The Bertz CT molecular complexity index is 956. The second kappa shape index (κ2) is 8.95. The number of amides is 2. The van der Waals surface area contributed by atoms with Crippen LogP contribution in [0.4, 0.5) is 24.5 Å². The number of nitro groups is 1. The van der Waals surface area contributed by atoms with Gasteiger partial charge in [0, 0.05) is 17.8 Å². The molecule has 0 aromatic heterocycles. The van der Waals surface area contributed by atoms with Crippen molar-refractivity contribution in [3.8, 4) is 0 Å². The van der Waals surface area contributed by atoms with E-state index >= 15 is 0 Å². The highest BCUT2D eigenvalue weighted by molar-refractivity contribution is 6.01. The molecule has 0 spiro atoms. The van der Waals surface area contributed by atoms with Crippen LogP contribution in [-0.2, 0) is 16.0 Å². The average Bonchev–Trinajstić information content (AvgIpc) is 2.66. The largest absolute Gasteiger partial charge is 0.471 e. The standard InChI is InChI=1S/C18H15F3N4O4/c1-11(13-3-2-4-14(10-13)22-17(27)18(19,20)21)23-24-16(26)9-12-5-7-15(8-6-12)25(28)29/h2-8,10H,9H2,1H3,(H,22,27)(H,24,26)/b23-11+. The molecule has 0 saturated carbocycles. The highest BCUT2D eigenvalue weighted by atomic mass is 19.4. The van der Waals surface area contributed by atoms with Gasteiger partial charge in [-0.05, 0) is 30.2 Å². The second-order valence-corrected chi connectivity index (χ2v) is 5.87. The van der Waals surface area contributed by atoms with Crippen molar-refractivity contribution in [2.75, 3.05) is 5.32 Å². The predicted octanol–water partition coefficient (Wildman–Crippen LogP) is 3.18. The van der Waals surface area contributed by atoms with E-state index in [1.807, 2.05) is 0 Å². The maximum Gasteiger partial charge on any atom is 0.471 e. The van der Waals surface area contributed by atoms with Gasteiger partial charge in [-0.15, -0.1) is 0 Å². The maximum atomic E-state index is 12.3. The molecule has 0 aliphatic rings. The van der Waals surface area contributed by atoms with Crippen molar-refractivity contribution in [2.45, 2.75) is 19.5 Å². The molecule has 2 N–H and O–H groups in total. The lowest BCUT2D eigenvalue weighted by molar-refractivity contribution is -0.384. The Morgan fingerprint density at radius 3 is 2.38 bits per heavy atom. The zero-order valence-electron chi connectivity index (χ0n) is 15.0. The van der Waals surface area contributed by atoms with Crippen LogP contribution in [0.1, 0.15) is 18.1 Å². The van der Waals surface area contributed by atoms with E-state index in [0.29, 0.717) is 16.8 Å². The zero-order valence-corrected chi connectivity index (χ0v) is 15.0. The van der Waals surface area contributed by atoms with E-state index < -0.39 is 22.9 Å². The van der Waals surface area contributed by atoms with Crippen molar-refractivity contribution >= 4 is 28.9 Å². The molecule has 0 radical (unpaired) electrons. The normalized spacial score (nSPS) is 11.7. The van der Waals surface area contributed by atoms with Crippen LogP contribution in [-0.4, -0.2) is 28.6 Å². The molecule has 11 heteroatoms. The van der Waals surface area contributed by atoms with Crippen molar-refractivity contribution < 1.29 is 27.7 Å². The summed E-state index contributed by atoms with van der Waals surface area (Å²) in [7, 11) is 0. The molecule has 2 aromatic carbocycles. The Balaban J connectivity index is 2.00. The highest BCUT2D eigenvalue weighted by Crippen LogP contribution is 2.19. The van der Waals surface area contributed by atoms with E-state index in [1.165, 1.54) is 49.4 Å². The third-order valence-corrected chi connectivity index (χ3v) is 3.66. The summed E-state index contributed by atoms with van der Waals surface area (Å²) in [5.74, 6) is -2.58. The first kappa shape index (κ1) is 21.5. The Morgan fingerprint density at radius 1 is 1.14 bits per heavy atom. The van der Waals surface area contributed by atoms with Gasteiger partial charge in [0.05, 0.1) is 17.1 Å². The van der Waals surface area contributed by atoms with Gasteiger partial charge >= 0.3 is 12.1 Å². The van der Waals surface area contributed by atoms with Crippen molar-refractivity contribution in [3.63, 3.8) is 0 Å². The van der Waals surface area contributed by atoms with Gasteiger partial charge in [0.15, 0.2) is 0 Å². The molecule has 29 heavy (non-hydrogen) atoms. The number of hydrazone groups is 1. The van der Waals surface area contributed by atoms with Gasteiger partial charge in [0.1, 0.15) is 0 Å². The molecule has 0 heterocycles. The number of nitrogens with zero attached hydrogens (tertiary/aromatic N) is 2. The lowest BCUT2D eigenvalue weighted by atomic mass is 10.1. The number of hydrogen-bond donors (Lipinski definition) is 2. The third-order valence-electron chi connectivity index (χ3n) is 3.66. The van der Waals surface area contributed by atoms with Gasteiger partial charge in [-0.3, -0.25) is 19.7 Å². The molecule has 0 unspecified atom stereocenters. The first-order valence-corrected chi connectivity index (χ1v) is 8.11. The predicted molar refractivity (Wildman–Crippen MR) is 98.3 cm³/mol. The van der Waals surface area contributed by atoms with Crippen molar-refractivity contribution in [2.24, 2.45) is 5.10 Å². The van der Waals surface area contributed by atoms with E-state index in [-0.39, 0.29) is 17.8 Å². The first-order valence-electron chi connectivity index (χ1n) is 8.11. The number of carbonyl (C=O) groups excluding carboxylic acids is 2. The quantitative estimate of drug-likeness (QED) is 0.434. The summed E-state index contributed by atoms with van der Waals surface area (Å²) in [6.45, 7) is 1.52. The van der Waals surface area contributed by atoms with Crippen LogP contribution >= 0.6 is 0 Å². The van der Waals surface area contributed by atoms with Gasteiger partial charge in [-0.1, -0.05) is 24.3 Å². The summed E-state index contributed by atoms with van der Waals surface area (Å²) in [6.07, 6.45) is -5.08. The molecule has 0 aliphatic heterocycles. The first-order chi connectivity index (χ1) is 13.6. The summed E-state index contributed by atoms with van der Waals surface area (Å²) in [6, 6.07) is 11.0. The van der Waals surface area contributed by atoms with Crippen LogP contribution in [0.15, 0.2) is 53.6 Å². The van der Waals surface area contributed by atoms with E-state index in [9.17, 15) is 32.9 Å². The van der Waals surface area contributed by atoms with E-state index in [0.717, 1.165) is 0 Å². The molecule has 8 nitrogen and oxygen atoms in total. The number of rotatable bonds is 6. The van der Waals surface area contributed by atoms with E-state index in [2.05, 4.69) is 10.5 Å². The molecule has 2 aromatic rings. The van der Waals surface area contributed by atoms with Gasteiger partial charge in [-0.25, -0.2) is 5.43 Å². The summed E-state index contributed by atoms with van der Waals surface area (Å²) in [5.41, 5.74) is 3.36. The molecule has 0 fully saturated rings. The highest BCUT2D eigenvalue weighted by Gasteiger charge is 2.38. The van der Waals surface area contributed by atoms with Crippen LogP contribution in [0.5, 0.6) is 0 Å². The summed E-state index contributed by atoms with van der Waals surface area (Å²) < 4.78 is 37.0. The number of halogens is 3. The molecular weight excluding hydrogens is 393 g/mol. The lowest BCUT2D eigenvalue weighted by Crippen LogP contribution is -2.30. The number of non-ortho nitro benzene ring substituents is 1. The minimum absolute atomic E-state index is 0.0726. The number of nitrogens with one attached hydrogen (secondary N) is 2. The Kier molecular flexibility index (Phi) is 6.65. The molecule has 152 valence electrons. The van der Waals surface area contributed by atoms with Gasteiger partial charge in [-0.2, -0.15) is 18.3 Å². The molecule has 0 saturated heterocycles. The minimum atomic E-state index is -5.01. The topological polar surface area (TPSA) is 114 Å². The van der Waals surface area contributed by atoms with E-state index in [4.69, 9.17) is 0 Å². The fourth-order valence-electron chi connectivity index (χ4n) is 2.20. The fraction of sp³-hybridized carbons (Fsp3) is 0.167. The number of hydrogen-bond acceptors (Lipinski definition) is 5. The van der Waals surface area contributed by atoms with Crippen molar-refractivity contribution in [1.29, 1.82) is 0 Å². The Labute approximate surface area is 162 Å². The average molecular weight is 408 g/mol. The van der Waals surface area contributed by atoms with Crippen LogP contribution < -0.4 is 10.7 Å². The summed E-state index contributed by atoms with van der Waals surface area (Å²) in [4.78, 5) is 33.0. The molecule has 0 aliphatic carbocycles. The molecule has 0 bridgehead atoms. The third kappa shape index (κ3) is 6.41. The summed E-state index contributed by atoms with van der Waals surface area (Å²) >= 11 is 0. The number of nitro benzene ring substituents is 1. The molecule has 2 amide bonds. The lowest BCUT2D eigenvalue weighted by Gasteiger charge is -2.09. The Hall–Kier alpha value is -3.76. The minimum Gasteiger partial charge on any atom is -0.318 e. The Morgan fingerprint density at radius 2 is 1.79 bits per heavy atom. The van der Waals surface area contributed by atoms with Crippen LogP contribution in [0.2, 0.25) is 0 Å². The van der Waals surface area contributed by atoms with Gasteiger partial charge < -0.3 is 5.32 Å². The number of alkyl halides is 3. The number of benzene rings is 2. The van der Waals surface area contributed by atoms with Crippen LogP contribution in [0.25, 0.3) is 0 Å². The molecular formula is C18H15F3N4O4. The van der Waals surface area contributed by atoms with Crippen LogP contribution in [0.3, 0.4) is 0 Å². The monoisotopic (exact) mass is 408 g/mol. The smallest absolute Gasteiger partial charge is 0.318 e. The number of anilines is 1. The van der Waals surface area contributed by atoms with Gasteiger partial charge in [0.2, 0.25) is 5.91 Å². The summed E-state index contributed by atoms with van der Waals surface area (Å²) in [5, 5.41) is 16.2. The molecule has 2 rings (SSSR count). The zero-order chi connectivity index (χ0) is 21.6. The number of carbonyl (C=O) groups is 2. The van der Waals surface area contributed by atoms with Gasteiger partial charge in [0.25, 0.3) is 5.69 Å². The molecule has 0 atom stereocenters. The van der Waals surface area contributed by atoms with Crippen LogP contribution in [0, 0.1) is 10.1 Å². The van der Waals surface area contributed by atoms with Crippen molar-refractivity contribution in [1.82, 2.24) is 5.43 Å². The maximum absolute atomic E-state index is 12.3. The second-order valence-electron chi connectivity index (χ2n) is 5.87. The van der Waals surface area contributed by atoms with E-state index in [1.54, 1.807) is 11.4 Å². The fourth-order valence-corrected chi connectivity index (χ4v) is 2.20.